The molecule has 1 aromatic carbocycles. The maximum absolute atomic E-state index is 12.3. The largest absolute Gasteiger partial charge is 0.497 e. The Labute approximate surface area is 156 Å². The van der Waals surface area contributed by atoms with E-state index in [0.29, 0.717) is 30.3 Å². The molecular weight excluding hydrogens is 348 g/mol. The van der Waals surface area contributed by atoms with Crippen molar-refractivity contribution in [3.05, 3.63) is 69.7 Å². The number of hydrogen-bond donors (Lipinski definition) is 2. The highest BCUT2D eigenvalue weighted by atomic mass is 32.1. The van der Waals surface area contributed by atoms with Crippen molar-refractivity contribution in [1.29, 1.82) is 0 Å². The third-order valence-electron chi connectivity index (χ3n) is 3.84. The van der Waals surface area contributed by atoms with Gasteiger partial charge in [-0.1, -0.05) is 18.2 Å². The number of methoxy groups -OCH3 is 1. The fourth-order valence-electron chi connectivity index (χ4n) is 2.38. The summed E-state index contributed by atoms with van der Waals surface area (Å²) < 4.78 is 5.14. The van der Waals surface area contributed by atoms with E-state index in [1.807, 2.05) is 41.8 Å². The number of amides is 1. The maximum Gasteiger partial charge on any atom is 0.254 e. The van der Waals surface area contributed by atoms with E-state index in [9.17, 15) is 4.79 Å². The lowest BCUT2D eigenvalue weighted by Crippen LogP contribution is -2.24. The highest BCUT2D eigenvalue weighted by Gasteiger charge is 2.11. The van der Waals surface area contributed by atoms with Gasteiger partial charge in [-0.3, -0.25) is 4.79 Å². The molecule has 2 heterocycles. The van der Waals surface area contributed by atoms with Crippen LogP contribution in [0.25, 0.3) is 0 Å². The van der Waals surface area contributed by atoms with Gasteiger partial charge in [0.15, 0.2) is 0 Å². The van der Waals surface area contributed by atoms with Crippen LogP contribution in [-0.2, 0) is 13.1 Å². The van der Waals surface area contributed by atoms with Crippen molar-refractivity contribution in [3.63, 3.8) is 0 Å². The standard InChI is InChI=1S/C19H20N4O2S/c1-13-17(18(24)20-11-16-4-3-9-26-16)12-22-19(23-13)21-10-14-5-7-15(25-2)8-6-14/h3-9,12H,10-11H2,1-2H3,(H,20,24)(H,21,22,23). The zero-order valence-electron chi connectivity index (χ0n) is 14.7. The Morgan fingerprint density at radius 3 is 2.65 bits per heavy atom. The molecule has 0 saturated heterocycles. The first-order chi connectivity index (χ1) is 12.7. The molecule has 0 atom stereocenters. The van der Waals surface area contributed by atoms with Gasteiger partial charge >= 0.3 is 0 Å². The van der Waals surface area contributed by atoms with E-state index in [1.165, 1.54) is 0 Å². The maximum atomic E-state index is 12.3. The number of aryl methyl sites for hydroxylation is 1. The monoisotopic (exact) mass is 368 g/mol. The van der Waals surface area contributed by atoms with Gasteiger partial charge in [0.05, 0.1) is 24.9 Å². The van der Waals surface area contributed by atoms with Crippen molar-refractivity contribution in [2.75, 3.05) is 12.4 Å². The molecule has 26 heavy (non-hydrogen) atoms. The number of carbonyl (C=O) groups excluding carboxylic acids is 1. The Morgan fingerprint density at radius 1 is 1.19 bits per heavy atom. The van der Waals surface area contributed by atoms with Gasteiger partial charge < -0.3 is 15.4 Å². The first kappa shape index (κ1) is 17.9. The fraction of sp³-hybridized carbons (Fsp3) is 0.211. The van der Waals surface area contributed by atoms with Crippen LogP contribution in [0, 0.1) is 6.92 Å². The second kappa shape index (κ2) is 8.44. The molecule has 1 amide bonds. The second-order valence-electron chi connectivity index (χ2n) is 5.66. The lowest BCUT2D eigenvalue weighted by atomic mass is 10.2. The lowest BCUT2D eigenvalue weighted by molar-refractivity contribution is 0.0950. The molecule has 0 saturated carbocycles. The summed E-state index contributed by atoms with van der Waals surface area (Å²) in [6, 6.07) is 11.7. The summed E-state index contributed by atoms with van der Waals surface area (Å²) in [6.07, 6.45) is 1.56. The molecule has 134 valence electrons. The molecule has 2 aromatic heterocycles. The third kappa shape index (κ3) is 4.58. The van der Waals surface area contributed by atoms with Crippen molar-refractivity contribution in [3.8, 4) is 5.75 Å². The molecule has 0 fully saturated rings. The number of aromatic nitrogens is 2. The quantitative estimate of drug-likeness (QED) is 0.668. The van der Waals surface area contributed by atoms with E-state index in [4.69, 9.17) is 4.74 Å². The summed E-state index contributed by atoms with van der Waals surface area (Å²) >= 11 is 1.61. The first-order valence-corrected chi connectivity index (χ1v) is 9.04. The Kier molecular flexibility index (Phi) is 5.80. The molecule has 0 aliphatic carbocycles. The number of thiophene rings is 1. The van der Waals surface area contributed by atoms with Gasteiger partial charge in [0.25, 0.3) is 5.91 Å². The number of benzene rings is 1. The van der Waals surface area contributed by atoms with Crippen molar-refractivity contribution < 1.29 is 9.53 Å². The van der Waals surface area contributed by atoms with Crippen LogP contribution in [0.5, 0.6) is 5.75 Å². The van der Waals surface area contributed by atoms with Gasteiger partial charge in [0.2, 0.25) is 5.95 Å². The molecule has 0 radical (unpaired) electrons. The Balaban J connectivity index is 1.58. The minimum Gasteiger partial charge on any atom is -0.497 e. The predicted octanol–water partition coefficient (Wildman–Crippen LogP) is 3.40. The summed E-state index contributed by atoms with van der Waals surface area (Å²) in [5, 5.41) is 8.04. The lowest BCUT2D eigenvalue weighted by Gasteiger charge is -2.09. The minimum absolute atomic E-state index is 0.169. The molecule has 3 rings (SSSR count). The molecule has 2 N–H and O–H groups in total. The smallest absolute Gasteiger partial charge is 0.254 e. The molecule has 0 unspecified atom stereocenters. The summed E-state index contributed by atoms with van der Waals surface area (Å²) in [7, 11) is 1.64. The number of nitrogens with zero attached hydrogens (tertiary/aromatic N) is 2. The average Bonchev–Trinajstić information content (AvgIpc) is 3.18. The van der Waals surface area contributed by atoms with Gasteiger partial charge in [-0.2, -0.15) is 0 Å². The Hall–Kier alpha value is -2.93. The van der Waals surface area contributed by atoms with Crippen LogP contribution in [0.2, 0.25) is 0 Å². The Bertz CT molecular complexity index is 864. The van der Waals surface area contributed by atoms with Crippen LogP contribution < -0.4 is 15.4 Å². The third-order valence-corrected chi connectivity index (χ3v) is 4.71. The summed E-state index contributed by atoms with van der Waals surface area (Å²) in [4.78, 5) is 22.0. The topological polar surface area (TPSA) is 76.1 Å². The zero-order valence-corrected chi connectivity index (χ0v) is 15.5. The van der Waals surface area contributed by atoms with Crippen LogP contribution in [-0.4, -0.2) is 23.0 Å². The molecule has 6 nitrogen and oxygen atoms in total. The van der Waals surface area contributed by atoms with E-state index >= 15 is 0 Å². The minimum atomic E-state index is -0.169. The molecule has 0 aliphatic heterocycles. The van der Waals surface area contributed by atoms with E-state index in [-0.39, 0.29) is 5.91 Å². The Morgan fingerprint density at radius 2 is 2.00 bits per heavy atom. The summed E-state index contributed by atoms with van der Waals surface area (Å²) in [5.41, 5.74) is 2.21. The van der Waals surface area contributed by atoms with Crippen LogP contribution in [0.1, 0.15) is 26.5 Å². The van der Waals surface area contributed by atoms with Crippen LogP contribution in [0.3, 0.4) is 0 Å². The number of hydrogen-bond acceptors (Lipinski definition) is 6. The first-order valence-electron chi connectivity index (χ1n) is 8.16. The van der Waals surface area contributed by atoms with E-state index < -0.39 is 0 Å². The van der Waals surface area contributed by atoms with E-state index in [0.717, 1.165) is 16.2 Å². The van der Waals surface area contributed by atoms with Crippen LogP contribution in [0.15, 0.2) is 48.0 Å². The molecular formula is C19H20N4O2S. The number of rotatable bonds is 7. The van der Waals surface area contributed by atoms with Crippen LogP contribution >= 0.6 is 11.3 Å². The van der Waals surface area contributed by atoms with Crippen LogP contribution in [0.4, 0.5) is 5.95 Å². The highest BCUT2D eigenvalue weighted by Crippen LogP contribution is 2.13. The molecule has 3 aromatic rings. The van der Waals surface area contributed by atoms with E-state index in [2.05, 4.69) is 20.6 Å². The van der Waals surface area contributed by atoms with Crippen molar-refractivity contribution in [2.24, 2.45) is 0 Å². The van der Waals surface area contributed by atoms with Gasteiger partial charge in [-0.25, -0.2) is 9.97 Å². The van der Waals surface area contributed by atoms with E-state index in [1.54, 1.807) is 31.6 Å². The fourth-order valence-corrected chi connectivity index (χ4v) is 3.02. The molecule has 0 spiro atoms. The average molecular weight is 368 g/mol. The van der Waals surface area contributed by atoms with Gasteiger partial charge in [-0.05, 0) is 36.1 Å². The van der Waals surface area contributed by atoms with Gasteiger partial charge in [0, 0.05) is 17.6 Å². The summed E-state index contributed by atoms with van der Waals surface area (Å²) in [5.74, 6) is 1.14. The number of ether oxygens (including phenoxy) is 1. The molecule has 7 heteroatoms. The SMILES string of the molecule is COc1ccc(CNc2ncc(C(=O)NCc3cccs3)c(C)n2)cc1. The number of nitrogens with one attached hydrogen (secondary N) is 2. The molecule has 0 aliphatic rings. The van der Waals surface area contributed by atoms with Crippen molar-refractivity contribution >= 4 is 23.2 Å². The van der Waals surface area contributed by atoms with Crippen molar-refractivity contribution in [2.45, 2.75) is 20.0 Å². The predicted molar refractivity (Wildman–Crippen MR) is 103 cm³/mol. The zero-order chi connectivity index (χ0) is 18.4. The summed E-state index contributed by atoms with van der Waals surface area (Å²) in [6.45, 7) is 2.90. The number of carbonyl (C=O) groups is 1. The number of anilines is 1. The normalized spacial score (nSPS) is 10.4. The second-order valence-corrected chi connectivity index (χ2v) is 6.69. The van der Waals surface area contributed by atoms with Gasteiger partial charge in [-0.15, -0.1) is 11.3 Å². The molecule has 0 bridgehead atoms. The van der Waals surface area contributed by atoms with Crippen molar-refractivity contribution in [1.82, 2.24) is 15.3 Å². The highest BCUT2D eigenvalue weighted by molar-refractivity contribution is 7.09. The van der Waals surface area contributed by atoms with Gasteiger partial charge in [0.1, 0.15) is 5.75 Å².